The Morgan fingerprint density at radius 1 is 1.14 bits per heavy atom. The van der Waals surface area contributed by atoms with Crippen LogP contribution < -0.4 is 10.2 Å². The maximum atomic E-state index is 12.7. The third kappa shape index (κ3) is 8.05. The van der Waals surface area contributed by atoms with E-state index in [9.17, 15) is 9.59 Å². The average molecular weight is 406 g/mol. The number of rotatable bonds is 9. The number of anilines is 2. The van der Waals surface area contributed by atoms with Crippen LogP contribution in [0.25, 0.3) is 0 Å². The third-order valence-electron chi connectivity index (χ3n) is 4.92. The molecule has 1 N–H and O–H groups in total. The third-order valence-corrected chi connectivity index (χ3v) is 4.92. The summed E-state index contributed by atoms with van der Waals surface area (Å²) in [5.41, 5.74) is 2.67. The van der Waals surface area contributed by atoms with E-state index in [1.165, 1.54) is 7.11 Å². The van der Waals surface area contributed by atoms with Crippen molar-refractivity contribution in [3.63, 3.8) is 0 Å². The smallest absolute Gasteiger partial charge is 0.249 e. The fraction of sp³-hybridized carbons (Fsp3) is 0.652. The molecule has 0 fully saturated rings. The van der Waals surface area contributed by atoms with E-state index in [4.69, 9.17) is 4.74 Å². The monoisotopic (exact) mass is 405 g/mol. The van der Waals surface area contributed by atoms with Gasteiger partial charge in [-0.1, -0.05) is 34.6 Å². The predicted molar refractivity (Wildman–Crippen MR) is 120 cm³/mol. The molecule has 0 bridgehead atoms. The second kappa shape index (κ2) is 10.6. The van der Waals surface area contributed by atoms with Crippen LogP contribution in [0.1, 0.15) is 53.5 Å². The summed E-state index contributed by atoms with van der Waals surface area (Å²) in [6.07, 6.45) is 0.445. The number of carbonyl (C=O) groups excluding carboxylic acids is 2. The van der Waals surface area contributed by atoms with Crippen LogP contribution >= 0.6 is 0 Å². The first kappa shape index (κ1) is 25.0. The van der Waals surface area contributed by atoms with Crippen LogP contribution in [0.4, 0.5) is 11.4 Å². The molecule has 1 aromatic rings. The van der Waals surface area contributed by atoms with Crippen molar-refractivity contribution in [2.75, 3.05) is 38.0 Å². The Labute approximate surface area is 176 Å². The molecule has 29 heavy (non-hydrogen) atoms. The number of hydrogen-bond acceptors (Lipinski definition) is 4. The van der Waals surface area contributed by atoms with Gasteiger partial charge in [0.25, 0.3) is 0 Å². The lowest BCUT2D eigenvalue weighted by atomic mass is 9.92. The molecular formula is C23H39N3O3. The quantitative estimate of drug-likeness (QED) is 0.670. The van der Waals surface area contributed by atoms with Crippen LogP contribution in [0.3, 0.4) is 0 Å². The molecule has 164 valence electrons. The molecule has 0 unspecified atom stereocenters. The molecule has 0 aromatic heterocycles. The number of nitrogens with zero attached hydrogens (tertiary/aromatic N) is 2. The SMILES string of the molecule is COCC(=O)N(Cc1cc(NC(=O)CC(C)(C)C)ccc1N(C)C)[C@@H](C)C(C)C. The zero-order valence-electron chi connectivity index (χ0n) is 19.6. The van der Waals surface area contributed by atoms with Crippen LogP contribution in [0.15, 0.2) is 18.2 Å². The highest BCUT2D eigenvalue weighted by molar-refractivity contribution is 5.91. The minimum absolute atomic E-state index is 0.0103. The summed E-state index contributed by atoms with van der Waals surface area (Å²) in [5, 5.41) is 3.00. The van der Waals surface area contributed by atoms with Gasteiger partial charge in [-0.15, -0.1) is 0 Å². The Kier molecular flexibility index (Phi) is 9.14. The number of benzene rings is 1. The summed E-state index contributed by atoms with van der Waals surface area (Å²) in [4.78, 5) is 29.0. The molecule has 0 spiro atoms. The first-order valence-corrected chi connectivity index (χ1v) is 10.2. The number of ether oxygens (including phenoxy) is 1. The van der Waals surface area contributed by atoms with Crippen molar-refractivity contribution in [3.05, 3.63) is 23.8 Å². The molecule has 1 rings (SSSR count). The van der Waals surface area contributed by atoms with Gasteiger partial charge in [-0.25, -0.2) is 0 Å². The highest BCUT2D eigenvalue weighted by Crippen LogP contribution is 2.27. The Morgan fingerprint density at radius 2 is 1.76 bits per heavy atom. The maximum Gasteiger partial charge on any atom is 0.249 e. The minimum atomic E-state index is -0.0768. The van der Waals surface area contributed by atoms with Crippen LogP contribution in [0.2, 0.25) is 0 Å². The van der Waals surface area contributed by atoms with Gasteiger partial charge in [-0.2, -0.15) is 0 Å². The molecule has 0 aliphatic rings. The molecule has 0 aliphatic carbocycles. The number of nitrogens with one attached hydrogen (secondary N) is 1. The largest absolute Gasteiger partial charge is 0.377 e. The first-order chi connectivity index (χ1) is 13.4. The van der Waals surface area contributed by atoms with Crippen LogP contribution in [0, 0.1) is 11.3 Å². The van der Waals surface area contributed by atoms with E-state index < -0.39 is 0 Å². The molecule has 1 atom stereocenters. The molecule has 0 aliphatic heterocycles. The molecule has 6 nitrogen and oxygen atoms in total. The van der Waals surface area contributed by atoms with E-state index in [1.54, 1.807) is 0 Å². The van der Waals surface area contributed by atoms with Crippen molar-refractivity contribution in [2.45, 2.75) is 60.5 Å². The van der Waals surface area contributed by atoms with E-state index >= 15 is 0 Å². The van der Waals surface area contributed by atoms with Gasteiger partial charge in [-0.05, 0) is 42.0 Å². The number of methoxy groups -OCH3 is 1. The van der Waals surface area contributed by atoms with Crippen LogP contribution in [-0.4, -0.2) is 50.6 Å². The average Bonchev–Trinajstić information content (AvgIpc) is 2.57. The lowest BCUT2D eigenvalue weighted by Gasteiger charge is -2.33. The molecule has 0 radical (unpaired) electrons. The van der Waals surface area contributed by atoms with Crippen LogP contribution in [-0.2, 0) is 20.9 Å². The fourth-order valence-electron chi connectivity index (χ4n) is 3.12. The molecular weight excluding hydrogens is 366 g/mol. The predicted octanol–water partition coefficient (Wildman–Crippen LogP) is 4.15. The first-order valence-electron chi connectivity index (χ1n) is 10.2. The molecule has 0 heterocycles. The Bertz CT molecular complexity index is 693. The second-order valence-corrected chi connectivity index (χ2v) is 9.46. The van der Waals surface area contributed by atoms with Gasteiger partial charge in [0.2, 0.25) is 11.8 Å². The Morgan fingerprint density at radius 3 is 2.24 bits per heavy atom. The second-order valence-electron chi connectivity index (χ2n) is 9.46. The van der Waals surface area contributed by atoms with E-state index in [2.05, 4.69) is 26.1 Å². The molecule has 1 aromatic carbocycles. The van der Waals surface area contributed by atoms with Crippen molar-refractivity contribution in [2.24, 2.45) is 11.3 Å². The van der Waals surface area contributed by atoms with Crippen molar-refractivity contribution in [1.29, 1.82) is 0 Å². The van der Waals surface area contributed by atoms with Crippen molar-refractivity contribution in [1.82, 2.24) is 4.90 Å². The summed E-state index contributed by atoms with van der Waals surface area (Å²) in [6.45, 7) is 12.9. The number of amides is 2. The molecule has 0 saturated heterocycles. The van der Waals surface area contributed by atoms with Gasteiger partial charge in [0.1, 0.15) is 6.61 Å². The highest BCUT2D eigenvalue weighted by Gasteiger charge is 2.24. The summed E-state index contributed by atoms with van der Waals surface area (Å²) in [6, 6.07) is 5.93. The van der Waals surface area contributed by atoms with E-state index in [-0.39, 0.29) is 29.9 Å². The van der Waals surface area contributed by atoms with Crippen molar-refractivity contribution >= 4 is 23.2 Å². The van der Waals surface area contributed by atoms with E-state index in [1.807, 2.05) is 62.9 Å². The molecule has 6 heteroatoms. The van der Waals surface area contributed by atoms with Gasteiger partial charge >= 0.3 is 0 Å². The Balaban J connectivity index is 3.20. The fourth-order valence-corrected chi connectivity index (χ4v) is 3.12. The van der Waals surface area contributed by atoms with Gasteiger partial charge in [0, 0.05) is 51.6 Å². The summed E-state index contributed by atoms with van der Waals surface area (Å²) in [5.74, 6) is 0.262. The van der Waals surface area contributed by atoms with Crippen LogP contribution in [0.5, 0.6) is 0 Å². The standard InChI is InChI=1S/C23H39N3O3/c1-16(2)17(3)26(22(28)15-29-9)14-18-12-19(10-11-20(18)25(7)8)24-21(27)13-23(4,5)6/h10-12,16-17H,13-15H2,1-9H3,(H,24,27)/t17-/m0/s1. The van der Waals surface area contributed by atoms with Gasteiger partial charge < -0.3 is 19.9 Å². The molecule has 2 amide bonds. The highest BCUT2D eigenvalue weighted by atomic mass is 16.5. The lowest BCUT2D eigenvalue weighted by Crippen LogP contribution is -2.43. The van der Waals surface area contributed by atoms with Crippen molar-refractivity contribution in [3.8, 4) is 0 Å². The zero-order chi connectivity index (χ0) is 22.4. The minimum Gasteiger partial charge on any atom is -0.377 e. The van der Waals surface area contributed by atoms with Gasteiger partial charge in [0.05, 0.1) is 0 Å². The topological polar surface area (TPSA) is 61.9 Å². The zero-order valence-corrected chi connectivity index (χ0v) is 19.6. The van der Waals surface area contributed by atoms with Gasteiger partial charge in [-0.3, -0.25) is 9.59 Å². The summed E-state index contributed by atoms with van der Waals surface area (Å²) < 4.78 is 5.09. The van der Waals surface area contributed by atoms with E-state index in [0.717, 1.165) is 16.9 Å². The number of hydrogen-bond donors (Lipinski definition) is 1. The maximum absolute atomic E-state index is 12.7. The van der Waals surface area contributed by atoms with Gasteiger partial charge in [0.15, 0.2) is 0 Å². The summed E-state index contributed by atoms with van der Waals surface area (Å²) >= 11 is 0. The molecule has 0 saturated carbocycles. The lowest BCUT2D eigenvalue weighted by molar-refractivity contribution is -0.138. The van der Waals surface area contributed by atoms with E-state index in [0.29, 0.717) is 18.9 Å². The summed E-state index contributed by atoms with van der Waals surface area (Å²) in [7, 11) is 5.49. The number of carbonyl (C=O) groups is 2. The van der Waals surface area contributed by atoms with Crippen molar-refractivity contribution < 1.29 is 14.3 Å². The Hall–Kier alpha value is -2.08. The normalized spacial score (nSPS) is 12.6.